The zero-order chi connectivity index (χ0) is 12.7. The Balaban J connectivity index is 2.55. The molecular formula is C12H16ClNO3. The summed E-state index contributed by atoms with van der Waals surface area (Å²) in [6.45, 7) is 0.209. The van der Waals surface area contributed by atoms with Crippen molar-refractivity contribution in [2.75, 3.05) is 6.61 Å². The number of benzene rings is 1. The molecule has 94 valence electrons. The molecule has 5 heteroatoms. The number of nitro groups is 1. The number of hydrogen-bond acceptors (Lipinski definition) is 3. The van der Waals surface area contributed by atoms with E-state index < -0.39 is 4.92 Å². The molecule has 0 unspecified atom stereocenters. The standard InChI is InChI=1S/C12H16ClNO3/c13-11-7-6-10(12(9-11)14(16)17)5-3-1-2-4-8-15/h6-7,9,15H,1-5,8H2. The molecule has 1 rings (SSSR count). The highest BCUT2D eigenvalue weighted by atomic mass is 35.5. The van der Waals surface area contributed by atoms with Crippen molar-refractivity contribution >= 4 is 17.3 Å². The molecule has 0 heterocycles. The second kappa shape index (κ2) is 7.25. The zero-order valence-corrected chi connectivity index (χ0v) is 10.3. The first-order valence-electron chi connectivity index (χ1n) is 5.69. The minimum atomic E-state index is -0.394. The molecule has 0 radical (unpaired) electrons. The highest BCUT2D eigenvalue weighted by Crippen LogP contribution is 2.24. The minimum Gasteiger partial charge on any atom is -0.396 e. The van der Waals surface area contributed by atoms with Gasteiger partial charge in [-0.1, -0.05) is 30.5 Å². The summed E-state index contributed by atoms with van der Waals surface area (Å²) in [6, 6.07) is 4.79. The summed E-state index contributed by atoms with van der Waals surface area (Å²) < 4.78 is 0. The average Bonchev–Trinajstić information content (AvgIpc) is 2.30. The van der Waals surface area contributed by atoms with Crippen LogP contribution in [0.3, 0.4) is 0 Å². The van der Waals surface area contributed by atoms with E-state index in [1.54, 1.807) is 12.1 Å². The number of halogens is 1. The van der Waals surface area contributed by atoms with E-state index in [0.717, 1.165) is 31.2 Å². The van der Waals surface area contributed by atoms with Gasteiger partial charge in [0.05, 0.1) is 4.92 Å². The monoisotopic (exact) mass is 257 g/mol. The Morgan fingerprint density at radius 2 is 1.94 bits per heavy atom. The maximum absolute atomic E-state index is 10.8. The van der Waals surface area contributed by atoms with Gasteiger partial charge in [-0.05, 0) is 25.3 Å². The molecule has 0 aliphatic heterocycles. The Morgan fingerprint density at radius 3 is 2.59 bits per heavy atom. The first kappa shape index (κ1) is 13.9. The Hall–Kier alpha value is -1.13. The molecular weight excluding hydrogens is 242 g/mol. The van der Waals surface area contributed by atoms with Gasteiger partial charge in [-0.25, -0.2) is 0 Å². The fourth-order valence-electron chi connectivity index (χ4n) is 1.70. The third-order valence-electron chi connectivity index (χ3n) is 2.60. The highest BCUT2D eigenvalue weighted by Gasteiger charge is 2.13. The van der Waals surface area contributed by atoms with Gasteiger partial charge in [0.15, 0.2) is 0 Å². The SMILES string of the molecule is O=[N+]([O-])c1cc(Cl)ccc1CCCCCCO. The summed E-state index contributed by atoms with van der Waals surface area (Å²) in [5.74, 6) is 0. The van der Waals surface area contributed by atoms with Crippen LogP contribution in [0.25, 0.3) is 0 Å². The van der Waals surface area contributed by atoms with E-state index in [4.69, 9.17) is 16.7 Å². The molecule has 0 spiro atoms. The zero-order valence-electron chi connectivity index (χ0n) is 9.56. The van der Waals surface area contributed by atoms with Crippen molar-refractivity contribution in [2.24, 2.45) is 0 Å². The Labute approximate surface area is 105 Å². The molecule has 0 aliphatic rings. The van der Waals surface area contributed by atoms with Gasteiger partial charge in [-0.3, -0.25) is 10.1 Å². The topological polar surface area (TPSA) is 63.4 Å². The lowest BCUT2D eigenvalue weighted by Gasteiger charge is -2.03. The molecule has 0 saturated heterocycles. The van der Waals surface area contributed by atoms with Gasteiger partial charge in [0, 0.05) is 23.3 Å². The maximum Gasteiger partial charge on any atom is 0.274 e. The van der Waals surface area contributed by atoms with Crippen molar-refractivity contribution in [3.05, 3.63) is 38.9 Å². The number of aryl methyl sites for hydroxylation is 1. The van der Waals surface area contributed by atoms with Crippen LogP contribution in [0.1, 0.15) is 31.2 Å². The van der Waals surface area contributed by atoms with Crippen molar-refractivity contribution in [3.63, 3.8) is 0 Å². The molecule has 0 atom stereocenters. The Kier molecular flexibility index (Phi) is 5.94. The second-order valence-corrected chi connectivity index (χ2v) is 4.35. The van der Waals surface area contributed by atoms with Crippen molar-refractivity contribution in [1.29, 1.82) is 0 Å². The molecule has 4 nitrogen and oxygen atoms in total. The van der Waals surface area contributed by atoms with Crippen LogP contribution in [-0.4, -0.2) is 16.6 Å². The predicted octanol–water partition coefficient (Wildman–Crippen LogP) is 3.34. The summed E-state index contributed by atoms with van der Waals surface area (Å²) >= 11 is 5.73. The Morgan fingerprint density at radius 1 is 1.24 bits per heavy atom. The lowest BCUT2D eigenvalue weighted by molar-refractivity contribution is -0.385. The summed E-state index contributed by atoms with van der Waals surface area (Å²) in [5.41, 5.74) is 0.822. The highest BCUT2D eigenvalue weighted by molar-refractivity contribution is 6.30. The van der Waals surface area contributed by atoms with E-state index in [0.29, 0.717) is 11.4 Å². The predicted molar refractivity (Wildman–Crippen MR) is 67.4 cm³/mol. The molecule has 0 amide bonds. The summed E-state index contributed by atoms with van der Waals surface area (Å²) in [4.78, 5) is 10.4. The molecule has 1 N–H and O–H groups in total. The van der Waals surface area contributed by atoms with Crippen LogP contribution in [0.2, 0.25) is 5.02 Å². The molecule has 0 fully saturated rings. The van der Waals surface area contributed by atoms with E-state index in [1.807, 2.05) is 0 Å². The summed E-state index contributed by atoms with van der Waals surface area (Å²) in [7, 11) is 0. The van der Waals surface area contributed by atoms with Crippen molar-refractivity contribution in [2.45, 2.75) is 32.1 Å². The molecule has 1 aromatic rings. The van der Waals surface area contributed by atoms with Crippen LogP contribution in [0.5, 0.6) is 0 Å². The number of nitrogens with zero attached hydrogens (tertiary/aromatic N) is 1. The minimum absolute atomic E-state index is 0.0969. The summed E-state index contributed by atoms with van der Waals surface area (Å²) in [5, 5.41) is 19.8. The van der Waals surface area contributed by atoms with Gasteiger partial charge in [0.1, 0.15) is 0 Å². The number of nitro benzene ring substituents is 1. The van der Waals surface area contributed by atoms with E-state index in [2.05, 4.69) is 0 Å². The number of hydrogen-bond donors (Lipinski definition) is 1. The van der Waals surface area contributed by atoms with Gasteiger partial charge in [0.25, 0.3) is 5.69 Å². The van der Waals surface area contributed by atoms with Crippen LogP contribution < -0.4 is 0 Å². The van der Waals surface area contributed by atoms with Crippen molar-refractivity contribution in [1.82, 2.24) is 0 Å². The molecule has 0 saturated carbocycles. The smallest absolute Gasteiger partial charge is 0.274 e. The van der Waals surface area contributed by atoms with Crippen molar-refractivity contribution < 1.29 is 10.0 Å². The van der Waals surface area contributed by atoms with Crippen LogP contribution in [0.15, 0.2) is 18.2 Å². The summed E-state index contributed by atoms with van der Waals surface area (Å²) in [6.07, 6.45) is 4.29. The third kappa shape index (κ3) is 4.71. The average molecular weight is 258 g/mol. The number of rotatable bonds is 7. The quantitative estimate of drug-likeness (QED) is 0.463. The van der Waals surface area contributed by atoms with Crippen LogP contribution >= 0.6 is 11.6 Å². The van der Waals surface area contributed by atoms with Crippen LogP contribution in [0.4, 0.5) is 5.69 Å². The fraction of sp³-hybridized carbons (Fsp3) is 0.500. The lowest BCUT2D eigenvalue weighted by atomic mass is 10.0. The second-order valence-electron chi connectivity index (χ2n) is 3.92. The van der Waals surface area contributed by atoms with Crippen LogP contribution in [-0.2, 0) is 6.42 Å². The van der Waals surface area contributed by atoms with Gasteiger partial charge >= 0.3 is 0 Å². The Bertz CT molecular complexity index is 382. The first-order valence-corrected chi connectivity index (χ1v) is 6.06. The molecule has 0 aromatic heterocycles. The number of aliphatic hydroxyl groups excluding tert-OH is 1. The van der Waals surface area contributed by atoms with E-state index in [9.17, 15) is 10.1 Å². The first-order chi connectivity index (χ1) is 8.15. The van der Waals surface area contributed by atoms with Gasteiger partial charge in [-0.15, -0.1) is 0 Å². The number of unbranched alkanes of at least 4 members (excludes halogenated alkanes) is 3. The third-order valence-corrected chi connectivity index (χ3v) is 2.83. The van der Waals surface area contributed by atoms with E-state index in [1.165, 1.54) is 6.07 Å². The normalized spacial score (nSPS) is 10.5. The maximum atomic E-state index is 10.8. The molecule has 1 aromatic carbocycles. The largest absolute Gasteiger partial charge is 0.396 e. The van der Waals surface area contributed by atoms with Gasteiger partial charge < -0.3 is 5.11 Å². The van der Waals surface area contributed by atoms with E-state index >= 15 is 0 Å². The fourth-order valence-corrected chi connectivity index (χ4v) is 1.87. The van der Waals surface area contributed by atoms with Gasteiger partial charge in [0.2, 0.25) is 0 Å². The van der Waals surface area contributed by atoms with Crippen LogP contribution in [0, 0.1) is 10.1 Å². The molecule has 0 bridgehead atoms. The van der Waals surface area contributed by atoms with E-state index in [-0.39, 0.29) is 12.3 Å². The van der Waals surface area contributed by atoms with Crippen molar-refractivity contribution in [3.8, 4) is 0 Å². The number of aliphatic hydroxyl groups is 1. The lowest BCUT2D eigenvalue weighted by Crippen LogP contribution is -1.96. The molecule has 17 heavy (non-hydrogen) atoms. The molecule has 0 aliphatic carbocycles. The van der Waals surface area contributed by atoms with Gasteiger partial charge in [-0.2, -0.15) is 0 Å².